The van der Waals surface area contributed by atoms with Crippen LogP contribution < -0.4 is 5.73 Å². The molecule has 2 aliphatic rings. The first-order valence-electron chi connectivity index (χ1n) is 7.73. The SMILES string of the molecule is Nc1cc(Br)ccc1C(=O)N1CCN(C2CCCC2)CC1. The van der Waals surface area contributed by atoms with Crippen molar-refractivity contribution in [3.8, 4) is 0 Å². The van der Waals surface area contributed by atoms with Crippen molar-refractivity contribution in [3.63, 3.8) is 0 Å². The first-order valence-corrected chi connectivity index (χ1v) is 8.53. The van der Waals surface area contributed by atoms with Crippen molar-refractivity contribution < 1.29 is 4.79 Å². The summed E-state index contributed by atoms with van der Waals surface area (Å²) in [6, 6.07) is 6.23. The molecule has 0 spiro atoms. The maximum Gasteiger partial charge on any atom is 0.256 e. The molecule has 1 saturated carbocycles. The number of carbonyl (C=O) groups excluding carboxylic acids is 1. The molecule has 0 radical (unpaired) electrons. The lowest BCUT2D eigenvalue weighted by Gasteiger charge is -2.38. The van der Waals surface area contributed by atoms with Crippen LogP contribution in [0.5, 0.6) is 0 Å². The van der Waals surface area contributed by atoms with Crippen molar-refractivity contribution in [2.24, 2.45) is 0 Å². The molecule has 1 aliphatic heterocycles. The first-order chi connectivity index (χ1) is 10.1. The van der Waals surface area contributed by atoms with Crippen molar-refractivity contribution in [1.82, 2.24) is 9.80 Å². The molecule has 2 fully saturated rings. The standard InChI is InChI=1S/C16H22BrN3O/c17-12-5-6-14(15(18)11-12)16(21)20-9-7-19(8-10-20)13-3-1-2-4-13/h5-6,11,13H,1-4,7-10,18H2. The van der Waals surface area contributed by atoms with Gasteiger partial charge in [-0.25, -0.2) is 0 Å². The van der Waals surface area contributed by atoms with E-state index in [9.17, 15) is 4.79 Å². The molecule has 1 aliphatic carbocycles. The largest absolute Gasteiger partial charge is 0.398 e. The molecule has 1 amide bonds. The molecular weight excluding hydrogens is 330 g/mol. The summed E-state index contributed by atoms with van der Waals surface area (Å²) in [5.74, 6) is 0.0612. The highest BCUT2D eigenvalue weighted by Crippen LogP contribution is 2.25. The van der Waals surface area contributed by atoms with Gasteiger partial charge in [0, 0.05) is 42.4 Å². The highest BCUT2D eigenvalue weighted by atomic mass is 79.9. The van der Waals surface area contributed by atoms with Gasteiger partial charge in [-0.2, -0.15) is 0 Å². The molecule has 0 aromatic heterocycles. The Balaban J connectivity index is 1.62. The van der Waals surface area contributed by atoms with E-state index in [1.54, 1.807) is 6.07 Å². The molecule has 1 heterocycles. The third-order valence-electron chi connectivity index (χ3n) is 4.69. The van der Waals surface area contributed by atoms with Gasteiger partial charge < -0.3 is 10.6 Å². The Morgan fingerprint density at radius 2 is 1.81 bits per heavy atom. The van der Waals surface area contributed by atoms with E-state index in [0.717, 1.165) is 36.7 Å². The second-order valence-corrected chi connectivity index (χ2v) is 6.91. The number of benzene rings is 1. The maximum absolute atomic E-state index is 12.6. The minimum absolute atomic E-state index is 0.0612. The number of nitrogen functional groups attached to an aromatic ring is 1. The van der Waals surface area contributed by atoms with Gasteiger partial charge in [-0.15, -0.1) is 0 Å². The van der Waals surface area contributed by atoms with Gasteiger partial charge in [0.1, 0.15) is 0 Å². The molecule has 4 nitrogen and oxygen atoms in total. The Labute approximate surface area is 134 Å². The summed E-state index contributed by atoms with van der Waals surface area (Å²) in [6.07, 6.45) is 5.37. The Bertz CT molecular complexity index is 520. The summed E-state index contributed by atoms with van der Waals surface area (Å²) in [7, 11) is 0. The molecule has 1 aromatic carbocycles. The lowest BCUT2D eigenvalue weighted by molar-refractivity contribution is 0.0574. The van der Waals surface area contributed by atoms with E-state index in [0.29, 0.717) is 11.3 Å². The number of rotatable bonds is 2. The number of carbonyl (C=O) groups is 1. The Kier molecular flexibility index (Phi) is 4.50. The van der Waals surface area contributed by atoms with Crippen LogP contribution in [-0.2, 0) is 0 Å². The predicted octanol–water partition coefficient (Wildman–Crippen LogP) is 2.73. The lowest BCUT2D eigenvalue weighted by atomic mass is 10.1. The summed E-state index contributed by atoms with van der Waals surface area (Å²) in [5, 5.41) is 0. The number of hydrogen-bond acceptors (Lipinski definition) is 3. The van der Waals surface area contributed by atoms with E-state index in [1.807, 2.05) is 17.0 Å². The third kappa shape index (κ3) is 3.24. The van der Waals surface area contributed by atoms with Crippen LogP contribution in [-0.4, -0.2) is 47.9 Å². The van der Waals surface area contributed by atoms with Gasteiger partial charge in [-0.3, -0.25) is 9.69 Å². The van der Waals surface area contributed by atoms with Gasteiger partial charge in [-0.1, -0.05) is 28.8 Å². The highest BCUT2D eigenvalue weighted by molar-refractivity contribution is 9.10. The van der Waals surface area contributed by atoms with Gasteiger partial charge in [0.15, 0.2) is 0 Å². The zero-order valence-corrected chi connectivity index (χ0v) is 13.8. The quantitative estimate of drug-likeness (QED) is 0.833. The normalized spacial score (nSPS) is 20.9. The monoisotopic (exact) mass is 351 g/mol. The summed E-state index contributed by atoms with van der Waals surface area (Å²) in [6.45, 7) is 3.61. The van der Waals surface area contributed by atoms with Gasteiger partial charge >= 0.3 is 0 Å². The highest BCUT2D eigenvalue weighted by Gasteiger charge is 2.28. The van der Waals surface area contributed by atoms with Crippen LogP contribution in [0.3, 0.4) is 0 Å². The molecule has 0 atom stereocenters. The van der Waals surface area contributed by atoms with Crippen LogP contribution in [0.1, 0.15) is 36.0 Å². The second-order valence-electron chi connectivity index (χ2n) is 6.00. The van der Waals surface area contributed by atoms with Crippen molar-refractivity contribution in [2.45, 2.75) is 31.7 Å². The Morgan fingerprint density at radius 3 is 2.43 bits per heavy atom. The van der Waals surface area contributed by atoms with Gasteiger partial charge in [0.25, 0.3) is 5.91 Å². The summed E-state index contributed by atoms with van der Waals surface area (Å²) in [5.41, 5.74) is 7.13. The molecule has 21 heavy (non-hydrogen) atoms. The fourth-order valence-electron chi connectivity index (χ4n) is 3.46. The number of hydrogen-bond donors (Lipinski definition) is 1. The van der Waals surface area contributed by atoms with E-state index in [1.165, 1.54) is 25.7 Å². The number of anilines is 1. The number of piperazine rings is 1. The van der Waals surface area contributed by atoms with Gasteiger partial charge in [0.2, 0.25) is 0 Å². The molecule has 0 bridgehead atoms. The predicted molar refractivity (Wildman–Crippen MR) is 88.3 cm³/mol. The van der Waals surface area contributed by atoms with Crippen LogP contribution in [0.15, 0.2) is 22.7 Å². The van der Waals surface area contributed by atoms with Crippen molar-refractivity contribution in [2.75, 3.05) is 31.9 Å². The third-order valence-corrected chi connectivity index (χ3v) is 5.18. The maximum atomic E-state index is 12.6. The van der Waals surface area contributed by atoms with Crippen LogP contribution in [0, 0.1) is 0 Å². The number of amides is 1. The fraction of sp³-hybridized carbons (Fsp3) is 0.562. The molecule has 114 valence electrons. The molecule has 0 unspecified atom stereocenters. The van der Waals surface area contributed by atoms with Gasteiger partial charge in [-0.05, 0) is 31.0 Å². The van der Waals surface area contributed by atoms with Crippen molar-refractivity contribution in [1.29, 1.82) is 0 Å². The second kappa shape index (κ2) is 6.36. The van der Waals surface area contributed by atoms with E-state index in [4.69, 9.17) is 5.73 Å². The van der Waals surface area contributed by atoms with Crippen LogP contribution in [0.25, 0.3) is 0 Å². The number of halogens is 1. The molecular formula is C16H22BrN3O. The Morgan fingerprint density at radius 1 is 1.14 bits per heavy atom. The molecule has 3 rings (SSSR count). The van der Waals surface area contributed by atoms with Crippen LogP contribution >= 0.6 is 15.9 Å². The van der Waals surface area contributed by atoms with E-state index in [-0.39, 0.29) is 5.91 Å². The smallest absolute Gasteiger partial charge is 0.256 e. The first kappa shape index (κ1) is 14.9. The number of nitrogens with zero attached hydrogens (tertiary/aromatic N) is 2. The lowest BCUT2D eigenvalue weighted by Crippen LogP contribution is -2.51. The molecule has 1 saturated heterocycles. The van der Waals surface area contributed by atoms with E-state index < -0.39 is 0 Å². The summed E-state index contributed by atoms with van der Waals surface area (Å²) < 4.78 is 0.905. The number of nitrogens with two attached hydrogens (primary N) is 1. The average Bonchev–Trinajstić information content (AvgIpc) is 3.01. The van der Waals surface area contributed by atoms with E-state index in [2.05, 4.69) is 20.8 Å². The minimum Gasteiger partial charge on any atom is -0.398 e. The molecule has 5 heteroatoms. The minimum atomic E-state index is 0.0612. The fourth-order valence-corrected chi connectivity index (χ4v) is 3.84. The molecule has 2 N–H and O–H groups in total. The zero-order valence-electron chi connectivity index (χ0n) is 12.2. The molecule has 1 aromatic rings. The van der Waals surface area contributed by atoms with Crippen LogP contribution in [0.2, 0.25) is 0 Å². The average molecular weight is 352 g/mol. The van der Waals surface area contributed by atoms with Crippen molar-refractivity contribution >= 4 is 27.5 Å². The summed E-state index contributed by atoms with van der Waals surface area (Å²) in [4.78, 5) is 17.1. The topological polar surface area (TPSA) is 49.6 Å². The zero-order chi connectivity index (χ0) is 14.8. The van der Waals surface area contributed by atoms with Gasteiger partial charge in [0.05, 0.1) is 5.56 Å². The Hall–Kier alpha value is -1.07. The van der Waals surface area contributed by atoms with Crippen molar-refractivity contribution in [3.05, 3.63) is 28.2 Å². The summed E-state index contributed by atoms with van der Waals surface area (Å²) >= 11 is 3.38. The van der Waals surface area contributed by atoms with E-state index >= 15 is 0 Å². The van der Waals surface area contributed by atoms with Crippen LogP contribution in [0.4, 0.5) is 5.69 Å².